The van der Waals surface area contributed by atoms with E-state index in [9.17, 15) is 14.0 Å². The Morgan fingerprint density at radius 1 is 0.825 bits per heavy atom. The quantitative estimate of drug-likeness (QED) is 0.181. The highest BCUT2D eigenvalue weighted by atomic mass is 19.1. The lowest BCUT2D eigenvalue weighted by Crippen LogP contribution is -2.43. The molecule has 208 valence electrons. The Morgan fingerprint density at radius 3 is 2.17 bits per heavy atom. The monoisotopic (exact) mass is 542 g/mol. The van der Waals surface area contributed by atoms with Crippen molar-refractivity contribution < 1.29 is 23.1 Å². The van der Waals surface area contributed by atoms with Crippen LogP contribution in [0.5, 0.6) is 0 Å². The van der Waals surface area contributed by atoms with Crippen LogP contribution in [0.4, 0.5) is 4.39 Å². The van der Waals surface area contributed by atoms with Crippen LogP contribution in [0.2, 0.25) is 0 Å². The summed E-state index contributed by atoms with van der Waals surface area (Å²) in [5, 5.41) is 0. The highest BCUT2D eigenvalue weighted by molar-refractivity contribution is 5.97. The summed E-state index contributed by atoms with van der Waals surface area (Å²) < 4.78 is 24.7. The molecule has 1 heterocycles. The minimum Gasteiger partial charge on any atom is -0.464 e. The van der Waals surface area contributed by atoms with Crippen molar-refractivity contribution in [1.82, 2.24) is 9.80 Å². The average molecular weight is 543 g/mol. The number of amides is 2. The molecule has 0 saturated carbocycles. The van der Waals surface area contributed by atoms with Gasteiger partial charge in [0.25, 0.3) is 5.91 Å². The molecule has 7 heteroatoms. The summed E-state index contributed by atoms with van der Waals surface area (Å²) in [7, 11) is 0. The minimum absolute atomic E-state index is 0.105. The number of hydrogen-bond acceptors (Lipinski definition) is 4. The van der Waals surface area contributed by atoms with Gasteiger partial charge in [0.15, 0.2) is 0 Å². The molecule has 0 unspecified atom stereocenters. The maximum atomic E-state index is 13.7. The molecular formula is C33H35FN2O4. The van der Waals surface area contributed by atoms with E-state index in [1.807, 2.05) is 68.4 Å². The Hall–Kier alpha value is -4.23. The molecule has 0 aliphatic rings. The Balaban J connectivity index is 1.53. The minimum atomic E-state index is -0.340. The topological polar surface area (TPSA) is 63.0 Å². The fourth-order valence-corrected chi connectivity index (χ4v) is 4.44. The summed E-state index contributed by atoms with van der Waals surface area (Å²) >= 11 is 0. The summed E-state index contributed by atoms with van der Waals surface area (Å²) in [5.74, 6) is 0.589. The number of halogens is 1. The van der Waals surface area contributed by atoms with Gasteiger partial charge in [0.05, 0.1) is 6.54 Å². The SMILES string of the molecule is CCOCCCN(CC(=O)N(Cc1ccc(F)cc1)Cc1ccc(C)o1)C(=O)c1ccc(-c2ccccc2)cc1. The van der Waals surface area contributed by atoms with Gasteiger partial charge in [-0.05, 0) is 73.4 Å². The molecule has 1 aromatic heterocycles. The van der Waals surface area contributed by atoms with Gasteiger partial charge in [-0.15, -0.1) is 0 Å². The van der Waals surface area contributed by atoms with Gasteiger partial charge in [0, 0.05) is 31.9 Å². The number of carbonyl (C=O) groups excluding carboxylic acids is 2. The van der Waals surface area contributed by atoms with Crippen molar-refractivity contribution in [3.63, 3.8) is 0 Å². The van der Waals surface area contributed by atoms with Gasteiger partial charge in [-0.2, -0.15) is 0 Å². The van der Waals surface area contributed by atoms with E-state index in [1.165, 1.54) is 12.1 Å². The van der Waals surface area contributed by atoms with E-state index >= 15 is 0 Å². The summed E-state index contributed by atoms with van der Waals surface area (Å²) in [5.41, 5.74) is 3.37. The molecule has 0 radical (unpaired) electrons. The molecule has 4 aromatic rings. The first-order valence-corrected chi connectivity index (χ1v) is 13.5. The summed E-state index contributed by atoms with van der Waals surface area (Å²) in [6, 6.07) is 27.1. The van der Waals surface area contributed by atoms with Crippen LogP contribution >= 0.6 is 0 Å². The summed E-state index contributed by atoms with van der Waals surface area (Å²) in [4.78, 5) is 30.5. The Labute approximate surface area is 235 Å². The van der Waals surface area contributed by atoms with Crippen molar-refractivity contribution in [3.05, 3.63) is 119 Å². The number of benzene rings is 3. The Kier molecular flexibility index (Phi) is 10.2. The summed E-state index contributed by atoms with van der Waals surface area (Å²) in [6.07, 6.45) is 0.601. The normalized spacial score (nSPS) is 10.9. The number of furan rings is 1. The molecule has 6 nitrogen and oxygen atoms in total. The first-order chi connectivity index (χ1) is 19.4. The van der Waals surface area contributed by atoms with Crippen molar-refractivity contribution in [2.45, 2.75) is 33.4 Å². The van der Waals surface area contributed by atoms with Crippen LogP contribution in [-0.2, 0) is 22.6 Å². The number of carbonyl (C=O) groups is 2. The van der Waals surface area contributed by atoms with Gasteiger partial charge in [-0.3, -0.25) is 9.59 Å². The molecule has 0 atom stereocenters. The lowest BCUT2D eigenvalue weighted by Gasteiger charge is -2.27. The molecule has 2 amide bonds. The van der Waals surface area contributed by atoms with E-state index < -0.39 is 0 Å². The molecule has 0 bridgehead atoms. The first kappa shape index (κ1) is 28.8. The molecule has 0 aliphatic carbocycles. The maximum absolute atomic E-state index is 13.7. The van der Waals surface area contributed by atoms with Crippen LogP contribution in [0.1, 0.15) is 40.8 Å². The molecule has 0 aliphatic heterocycles. The fourth-order valence-electron chi connectivity index (χ4n) is 4.44. The zero-order valence-electron chi connectivity index (χ0n) is 23.0. The van der Waals surface area contributed by atoms with Crippen LogP contribution < -0.4 is 0 Å². The van der Waals surface area contributed by atoms with Crippen LogP contribution in [0.3, 0.4) is 0 Å². The van der Waals surface area contributed by atoms with E-state index in [2.05, 4.69) is 0 Å². The standard InChI is InChI=1S/C33H35FN2O4/c1-3-39-21-7-20-35(33(38)29-15-13-28(14-16-29)27-8-5-4-6-9-27)24-32(37)36(23-31-19-10-25(2)40-31)22-26-11-17-30(34)18-12-26/h4-6,8-19H,3,7,20-24H2,1-2H3. The van der Waals surface area contributed by atoms with Crippen LogP contribution in [0.15, 0.2) is 95.4 Å². The third-order valence-corrected chi connectivity index (χ3v) is 6.56. The van der Waals surface area contributed by atoms with Crippen LogP contribution in [0.25, 0.3) is 11.1 Å². The molecule has 0 N–H and O–H groups in total. The lowest BCUT2D eigenvalue weighted by atomic mass is 10.0. The van der Waals surface area contributed by atoms with Crippen molar-refractivity contribution >= 4 is 11.8 Å². The zero-order chi connectivity index (χ0) is 28.3. The molecular weight excluding hydrogens is 507 g/mol. The summed E-state index contributed by atoms with van der Waals surface area (Å²) in [6.45, 7) is 5.60. The van der Waals surface area contributed by atoms with Gasteiger partial charge in [0.2, 0.25) is 5.91 Å². The molecule has 0 fully saturated rings. The van der Waals surface area contributed by atoms with Crippen LogP contribution in [-0.4, -0.2) is 47.9 Å². The number of nitrogens with zero attached hydrogens (tertiary/aromatic N) is 2. The number of ether oxygens (including phenoxy) is 1. The molecule has 4 rings (SSSR count). The van der Waals surface area contributed by atoms with E-state index in [1.54, 1.807) is 34.1 Å². The van der Waals surface area contributed by atoms with E-state index in [4.69, 9.17) is 9.15 Å². The van der Waals surface area contributed by atoms with Crippen molar-refractivity contribution in [3.8, 4) is 11.1 Å². The largest absolute Gasteiger partial charge is 0.464 e. The second kappa shape index (κ2) is 14.2. The smallest absolute Gasteiger partial charge is 0.254 e. The molecule has 40 heavy (non-hydrogen) atoms. The van der Waals surface area contributed by atoms with Crippen molar-refractivity contribution in [1.29, 1.82) is 0 Å². The van der Waals surface area contributed by atoms with Gasteiger partial charge in [-0.25, -0.2) is 4.39 Å². The zero-order valence-corrected chi connectivity index (χ0v) is 23.0. The number of hydrogen-bond donors (Lipinski definition) is 0. The van der Waals surface area contributed by atoms with Crippen LogP contribution in [0, 0.1) is 12.7 Å². The highest BCUT2D eigenvalue weighted by Crippen LogP contribution is 2.20. The van der Waals surface area contributed by atoms with Crippen molar-refractivity contribution in [2.24, 2.45) is 0 Å². The lowest BCUT2D eigenvalue weighted by molar-refractivity contribution is -0.133. The second-order valence-electron chi connectivity index (χ2n) is 9.61. The maximum Gasteiger partial charge on any atom is 0.254 e. The molecule has 0 spiro atoms. The Bertz CT molecular complexity index is 1370. The van der Waals surface area contributed by atoms with Gasteiger partial charge in [-0.1, -0.05) is 54.6 Å². The fraction of sp³-hybridized carbons (Fsp3) is 0.273. The number of aryl methyl sites for hydroxylation is 1. The Morgan fingerprint density at radius 2 is 1.52 bits per heavy atom. The van der Waals surface area contributed by atoms with E-state index in [0.717, 1.165) is 22.5 Å². The highest BCUT2D eigenvalue weighted by Gasteiger charge is 2.23. The third kappa shape index (κ3) is 8.13. The van der Waals surface area contributed by atoms with Gasteiger partial charge < -0.3 is 19.0 Å². The average Bonchev–Trinajstić information content (AvgIpc) is 3.39. The third-order valence-electron chi connectivity index (χ3n) is 6.56. The predicted molar refractivity (Wildman–Crippen MR) is 153 cm³/mol. The molecule has 0 saturated heterocycles. The van der Waals surface area contributed by atoms with Gasteiger partial charge >= 0.3 is 0 Å². The first-order valence-electron chi connectivity index (χ1n) is 13.5. The van der Waals surface area contributed by atoms with Gasteiger partial charge in [0.1, 0.15) is 23.9 Å². The van der Waals surface area contributed by atoms with E-state index in [-0.39, 0.29) is 37.3 Å². The van der Waals surface area contributed by atoms with Crippen molar-refractivity contribution in [2.75, 3.05) is 26.3 Å². The second-order valence-corrected chi connectivity index (χ2v) is 9.61. The molecule has 3 aromatic carbocycles. The number of rotatable bonds is 13. The predicted octanol–water partition coefficient (Wildman–Crippen LogP) is 6.49. The van der Waals surface area contributed by atoms with E-state index in [0.29, 0.717) is 37.5 Å².